The lowest BCUT2D eigenvalue weighted by Crippen LogP contribution is -2.36. The molecule has 0 spiro atoms. The standard InChI is InChI=1S/C23H36N2O4/c1-28-23(27)20-9-13-25(14-10-20)16-19-7-6-8-22(15-19)29-18-21(26)17-24-11-4-2-3-5-12-24/h6-8,15,20-21,26H,2-5,9-14,16-18H2,1H3. The van der Waals surface area contributed by atoms with Crippen LogP contribution in [0, 0.1) is 5.92 Å². The summed E-state index contributed by atoms with van der Waals surface area (Å²) in [5.74, 6) is 0.761. The van der Waals surface area contributed by atoms with Gasteiger partial charge in [0.25, 0.3) is 0 Å². The van der Waals surface area contributed by atoms with Gasteiger partial charge in [-0.2, -0.15) is 0 Å². The first kappa shape index (κ1) is 22.1. The van der Waals surface area contributed by atoms with Gasteiger partial charge in [0.15, 0.2) is 0 Å². The summed E-state index contributed by atoms with van der Waals surface area (Å²) in [6.45, 7) is 5.83. The van der Waals surface area contributed by atoms with Crippen molar-refractivity contribution in [3.8, 4) is 5.75 Å². The Kier molecular flexibility index (Phi) is 8.77. The minimum atomic E-state index is -0.464. The van der Waals surface area contributed by atoms with E-state index in [2.05, 4.69) is 21.9 Å². The number of rotatable bonds is 8. The van der Waals surface area contributed by atoms with Crippen LogP contribution in [0.3, 0.4) is 0 Å². The van der Waals surface area contributed by atoms with Crippen LogP contribution in [0.5, 0.6) is 5.75 Å². The van der Waals surface area contributed by atoms with Gasteiger partial charge in [-0.3, -0.25) is 9.69 Å². The first-order valence-corrected chi connectivity index (χ1v) is 11.1. The molecule has 1 aromatic carbocycles. The molecule has 2 saturated heterocycles. The third-order valence-corrected chi connectivity index (χ3v) is 6.04. The van der Waals surface area contributed by atoms with Crippen molar-refractivity contribution in [3.05, 3.63) is 29.8 Å². The maximum atomic E-state index is 11.7. The zero-order valence-corrected chi connectivity index (χ0v) is 17.7. The van der Waals surface area contributed by atoms with E-state index in [0.717, 1.165) is 51.3 Å². The lowest BCUT2D eigenvalue weighted by atomic mass is 9.96. The summed E-state index contributed by atoms with van der Waals surface area (Å²) >= 11 is 0. The van der Waals surface area contributed by atoms with Gasteiger partial charge in [-0.15, -0.1) is 0 Å². The highest BCUT2D eigenvalue weighted by Crippen LogP contribution is 2.22. The quantitative estimate of drug-likeness (QED) is 0.672. The summed E-state index contributed by atoms with van der Waals surface area (Å²) < 4.78 is 10.7. The third-order valence-electron chi connectivity index (χ3n) is 6.04. The molecular formula is C23H36N2O4. The Morgan fingerprint density at radius 2 is 1.83 bits per heavy atom. The summed E-state index contributed by atoms with van der Waals surface area (Å²) in [5, 5.41) is 10.4. The van der Waals surface area contributed by atoms with Gasteiger partial charge in [0.05, 0.1) is 13.0 Å². The minimum Gasteiger partial charge on any atom is -0.491 e. The number of benzene rings is 1. The van der Waals surface area contributed by atoms with Crippen LogP contribution in [0.2, 0.25) is 0 Å². The van der Waals surface area contributed by atoms with E-state index >= 15 is 0 Å². The van der Waals surface area contributed by atoms with E-state index in [-0.39, 0.29) is 11.9 Å². The first-order chi connectivity index (χ1) is 14.1. The van der Waals surface area contributed by atoms with Gasteiger partial charge in [0, 0.05) is 13.1 Å². The zero-order valence-electron chi connectivity index (χ0n) is 17.7. The summed E-state index contributed by atoms with van der Waals surface area (Å²) in [6.07, 6.45) is 6.30. The Morgan fingerprint density at radius 3 is 2.52 bits per heavy atom. The lowest BCUT2D eigenvalue weighted by molar-refractivity contribution is -0.147. The second kappa shape index (κ2) is 11.5. The second-order valence-electron chi connectivity index (χ2n) is 8.40. The first-order valence-electron chi connectivity index (χ1n) is 11.1. The topological polar surface area (TPSA) is 62.2 Å². The molecular weight excluding hydrogens is 368 g/mol. The number of carbonyl (C=O) groups is 1. The van der Waals surface area contributed by atoms with Gasteiger partial charge in [0.2, 0.25) is 0 Å². The van der Waals surface area contributed by atoms with Gasteiger partial charge >= 0.3 is 5.97 Å². The molecule has 3 rings (SSSR count). The van der Waals surface area contributed by atoms with Crippen LogP contribution in [0.4, 0.5) is 0 Å². The second-order valence-corrected chi connectivity index (χ2v) is 8.40. The largest absolute Gasteiger partial charge is 0.491 e. The fraction of sp³-hybridized carbons (Fsp3) is 0.696. The Morgan fingerprint density at radius 1 is 1.10 bits per heavy atom. The maximum absolute atomic E-state index is 11.7. The fourth-order valence-electron chi connectivity index (χ4n) is 4.35. The van der Waals surface area contributed by atoms with E-state index in [9.17, 15) is 9.90 Å². The highest BCUT2D eigenvalue weighted by molar-refractivity contribution is 5.72. The molecule has 1 atom stereocenters. The Hall–Kier alpha value is -1.63. The predicted molar refractivity (Wildman–Crippen MR) is 113 cm³/mol. The average Bonchev–Trinajstić information content (AvgIpc) is 3.01. The molecule has 2 fully saturated rings. The number of ether oxygens (including phenoxy) is 2. The zero-order chi connectivity index (χ0) is 20.5. The normalized spacial score (nSPS) is 20.8. The van der Waals surface area contributed by atoms with Gasteiger partial charge in [-0.1, -0.05) is 25.0 Å². The summed E-state index contributed by atoms with van der Waals surface area (Å²) in [7, 11) is 1.46. The molecule has 0 bridgehead atoms. The summed E-state index contributed by atoms with van der Waals surface area (Å²) in [4.78, 5) is 16.4. The van der Waals surface area contributed by atoms with Crippen molar-refractivity contribution in [1.82, 2.24) is 9.80 Å². The van der Waals surface area contributed by atoms with Crippen LogP contribution in [-0.2, 0) is 16.1 Å². The number of carbonyl (C=O) groups excluding carboxylic acids is 1. The number of piperidine rings is 1. The van der Waals surface area contributed by atoms with Crippen LogP contribution in [0.1, 0.15) is 44.1 Å². The van der Waals surface area contributed by atoms with Crippen molar-refractivity contribution < 1.29 is 19.4 Å². The van der Waals surface area contributed by atoms with E-state index in [4.69, 9.17) is 9.47 Å². The molecule has 2 heterocycles. The SMILES string of the molecule is COC(=O)C1CCN(Cc2cccc(OCC(O)CN3CCCCCC3)c2)CC1. The molecule has 6 nitrogen and oxygen atoms in total. The number of methoxy groups -OCH3 is 1. The Labute approximate surface area is 174 Å². The number of esters is 1. The third kappa shape index (κ3) is 7.28. The van der Waals surface area contributed by atoms with E-state index in [1.165, 1.54) is 38.4 Å². The van der Waals surface area contributed by atoms with Crippen molar-refractivity contribution in [2.75, 3.05) is 46.4 Å². The van der Waals surface area contributed by atoms with Crippen LogP contribution in [-0.4, -0.2) is 73.4 Å². The number of hydrogen-bond acceptors (Lipinski definition) is 6. The van der Waals surface area contributed by atoms with Crippen molar-refractivity contribution in [1.29, 1.82) is 0 Å². The molecule has 2 aliphatic rings. The molecule has 0 aromatic heterocycles. The highest BCUT2D eigenvalue weighted by Gasteiger charge is 2.25. The van der Waals surface area contributed by atoms with Crippen molar-refractivity contribution in [3.63, 3.8) is 0 Å². The number of likely N-dealkylation sites (tertiary alicyclic amines) is 2. The van der Waals surface area contributed by atoms with E-state index in [1.54, 1.807) is 0 Å². The molecule has 29 heavy (non-hydrogen) atoms. The van der Waals surface area contributed by atoms with Crippen molar-refractivity contribution >= 4 is 5.97 Å². The molecule has 0 radical (unpaired) electrons. The van der Waals surface area contributed by atoms with Crippen LogP contribution >= 0.6 is 0 Å². The Bertz CT molecular complexity index is 623. The molecule has 162 valence electrons. The monoisotopic (exact) mass is 404 g/mol. The van der Waals surface area contributed by atoms with Crippen LogP contribution in [0.25, 0.3) is 0 Å². The highest BCUT2D eigenvalue weighted by atomic mass is 16.5. The molecule has 0 saturated carbocycles. The van der Waals surface area contributed by atoms with Gasteiger partial charge in [-0.05, 0) is 69.6 Å². The van der Waals surface area contributed by atoms with Crippen LogP contribution < -0.4 is 4.74 Å². The summed E-state index contributed by atoms with van der Waals surface area (Å²) in [5.41, 5.74) is 1.20. The van der Waals surface area contributed by atoms with Crippen LogP contribution in [0.15, 0.2) is 24.3 Å². The summed E-state index contributed by atoms with van der Waals surface area (Å²) in [6, 6.07) is 8.12. The number of nitrogens with zero attached hydrogens (tertiary/aromatic N) is 2. The number of hydrogen-bond donors (Lipinski definition) is 1. The predicted octanol–water partition coefficient (Wildman–Crippen LogP) is 2.69. The minimum absolute atomic E-state index is 0.0385. The van der Waals surface area contributed by atoms with Crippen molar-refractivity contribution in [2.24, 2.45) is 5.92 Å². The van der Waals surface area contributed by atoms with Gasteiger partial charge in [-0.25, -0.2) is 0 Å². The van der Waals surface area contributed by atoms with Gasteiger partial charge < -0.3 is 19.5 Å². The lowest BCUT2D eigenvalue weighted by Gasteiger charge is -2.30. The van der Waals surface area contributed by atoms with E-state index < -0.39 is 6.10 Å². The fourth-order valence-corrected chi connectivity index (χ4v) is 4.35. The molecule has 0 amide bonds. The molecule has 6 heteroatoms. The molecule has 2 aliphatic heterocycles. The smallest absolute Gasteiger partial charge is 0.308 e. The number of aliphatic hydroxyl groups is 1. The number of aliphatic hydroxyl groups excluding tert-OH is 1. The van der Waals surface area contributed by atoms with Crippen molar-refractivity contribution in [2.45, 2.75) is 51.2 Å². The molecule has 1 aromatic rings. The molecule has 0 aliphatic carbocycles. The Balaban J connectivity index is 1.41. The van der Waals surface area contributed by atoms with E-state index in [1.807, 2.05) is 12.1 Å². The molecule has 1 N–H and O–H groups in total. The van der Waals surface area contributed by atoms with E-state index in [0.29, 0.717) is 13.2 Å². The molecule has 1 unspecified atom stereocenters. The number of β-amino-alcohol motifs (C(OH)–C–C–N with tert-alkyl or cyclic N) is 1. The van der Waals surface area contributed by atoms with Gasteiger partial charge in [0.1, 0.15) is 18.5 Å². The average molecular weight is 405 g/mol. The maximum Gasteiger partial charge on any atom is 0.308 e.